The first kappa shape index (κ1) is 17.9. The van der Waals surface area contributed by atoms with Crippen LogP contribution in [0.15, 0.2) is 24.3 Å². The number of allylic oxidation sites excluding steroid dienone is 2. The Balaban J connectivity index is 1.34. The molecule has 4 rings (SSSR count). The number of nitrogens with one attached hydrogen (secondary N) is 1. The van der Waals surface area contributed by atoms with E-state index in [-0.39, 0.29) is 36.0 Å². The van der Waals surface area contributed by atoms with Gasteiger partial charge < -0.3 is 19.9 Å². The fourth-order valence-corrected chi connectivity index (χ4v) is 4.40. The maximum Gasteiger partial charge on any atom is 0.257 e. The fraction of sp³-hybridized carbons (Fsp3) is 0.524. The zero-order chi connectivity index (χ0) is 19.2. The summed E-state index contributed by atoms with van der Waals surface area (Å²) in [6.45, 7) is 4.15. The van der Waals surface area contributed by atoms with Crippen molar-refractivity contribution in [3.63, 3.8) is 0 Å². The molecule has 3 aliphatic rings. The molecule has 1 aromatic carbocycles. The molecule has 1 aromatic rings. The van der Waals surface area contributed by atoms with Crippen molar-refractivity contribution < 1.29 is 24.2 Å². The first-order chi connectivity index (χ1) is 12.8. The molecule has 144 valence electrons. The summed E-state index contributed by atoms with van der Waals surface area (Å²) in [4.78, 5) is 24.3. The topological polar surface area (TPSA) is 84.9 Å². The summed E-state index contributed by atoms with van der Waals surface area (Å²) < 4.78 is 11.3. The molecule has 0 spiro atoms. The van der Waals surface area contributed by atoms with Crippen molar-refractivity contribution in [2.24, 2.45) is 17.8 Å². The molecule has 1 saturated carbocycles. The second-order valence-corrected chi connectivity index (χ2v) is 8.41. The SMILES string of the molecule is CC1(C)CC(=O)c2c(O)cc(OCC(=O)NC[C@H]3C[C@@H]4C=C[C@@H]3C4)cc2O1. The van der Waals surface area contributed by atoms with E-state index < -0.39 is 5.60 Å². The van der Waals surface area contributed by atoms with E-state index in [0.717, 1.165) is 6.42 Å². The van der Waals surface area contributed by atoms with Gasteiger partial charge in [-0.05, 0) is 44.4 Å². The minimum Gasteiger partial charge on any atom is -0.507 e. The maximum absolute atomic E-state index is 12.2. The number of fused-ring (bicyclic) bond motifs is 3. The van der Waals surface area contributed by atoms with E-state index >= 15 is 0 Å². The molecular formula is C21H25NO5. The van der Waals surface area contributed by atoms with Crippen LogP contribution in [0.3, 0.4) is 0 Å². The molecule has 0 aromatic heterocycles. The Morgan fingerprint density at radius 2 is 2.15 bits per heavy atom. The van der Waals surface area contributed by atoms with Crippen LogP contribution < -0.4 is 14.8 Å². The summed E-state index contributed by atoms with van der Waals surface area (Å²) in [6, 6.07) is 2.91. The molecule has 1 amide bonds. The van der Waals surface area contributed by atoms with Crippen LogP contribution in [-0.4, -0.2) is 35.5 Å². The molecule has 1 aliphatic heterocycles. The highest BCUT2D eigenvalue weighted by atomic mass is 16.5. The lowest BCUT2D eigenvalue weighted by molar-refractivity contribution is -0.123. The third-order valence-corrected chi connectivity index (χ3v) is 5.65. The number of aromatic hydroxyl groups is 1. The third kappa shape index (κ3) is 3.66. The highest BCUT2D eigenvalue weighted by Crippen LogP contribution is 2.43. The minimum atomic E-state index is -0.637. The summed E-state index contributed by atoms with van der Waals surface area (Å²) in [5.41, 5.74) is -0.461. The predicted octanol–water partition coefficient (Wildman–Crippen LogP) is 2.84. The first-order valence-corrected chi connectivity index (χ1v) is 9.48. The van der Waals surface area contributed by atoms with Gasteiger partial charge in [-0.2, -0.15) is 0 Å². The molecular weight excluding hydrogens is 346 g/mol. The van der Waals surface area contributed by atoms with Crippen LogP contribution in [0.25, 0.3) is 0 Å². The van der Waals surface area contributed by atoms with Crippen LogP contribution in [0.2, 0.25) is 0 Å². The summed E-state index contributed by atoms with van der Waals surface area (Å²) in [5.74, 6) is 1.83. The lowest BCUT2D eigenvalue weighted by Crippen LogP contribution is -2.36. The van der Waals surface area contributed by atoms with Crippen molar-refractivity contribution in [3.8, 4) is 17.2 Å². The van der Waals surface area contributed by atoms with E-state index in [1.165, 1.54) is 12.5 Å². The average molecular weight is 371 g/mol. The van der Waals surface area contributed by atoms with Gasteiger partial charge >= 0.3 is 0 Å². The van der Waals surface area contributed by atoms with E-state index in [9.17, 15) is 14.7 Å². The summed E-state index contributed by atoms with van der Waals surface area (Å²) >= 11 is 0. The Morgan fingerprint density at radius 3 is 2.85 bits per heavy atom. The highest BCUT2D eigenvalue weighted by molar-refractivity contribution is 6.03. The molecule has 0 saturated heterocycles. The van der Waals surface area contributed by atoms with Crippen LogP contribution in [-0.2, 0) is 4.79 Å². The number of ketones is 1. The number of carbonyl (C=O) groups excluding carboxylic acids is 2. The number of carbonyl (C=O) groups is 2. The number of phenols is 1. The van der Waals surface area contributed by atoms with Gasteiger partial charge in [0.2, 0.25) is 0 Å². The van der Waals surface area contributed by atoms with E-state index in [1.54, 1.807) is 6.07 Å². The zero-order valence-corrected chi connectivity index (χ0v) is 15.7. The van der Waals surface area contributed by atoms with Gasteiger partial charge in [0.25, 0.3) is 5.91 Å². The molecule has 1 fully saturated rings. The van der Waals surface area contributed by atoms with Gasteiger partial charge in [-0.25, -0.2) is 0 Å². The third-order valence-electron chi connectivity index (χ3n) is 5.65. The number of Topliss-reactive ketones (excluding diaryl/α,β-unsaturated/α-hetero) is 1. The van der Waals surface area contributed by atoms with Crippen LogP contribution in [0.4, 0.5) is 0 Å². The standard InChI is InChI=1S/C21H25NO5/c1-21(2)9-17(24)20-16(23)7-15(8-18(20)27-21)26-11-19(25)22-10-14-6-12-3-4-13(14)5-12/h3-4,7-8,12-14,23H,5-6,9-11H2,1-2H3,(H,22,25)/t12-,13-,14-/m1/s1. The number of hydrogen-bond acceptors (Lipinski definition) is 5. The number of phenolic OH excluding ortho intramolecular Hbond substituents is 1. The average Bonchev–Trinajstić information content (AvgIpc) is 3.19. The van der Waals surface area contributed by atoms with Crippen LogP contribution >= 0.6 is 0 Å². The molecule has 0 unspecified atom stereocenters. The summed E-state index contributed by atoms with van der Waals surface area (Å²) in [6.07, 6.45) is 7.10. The van der Waals surface area contributed by atoms with Gasteiger partial charge in [-0.3, -0.25) is 9.59 Å². The Kier molecular flexibility index (Phi) is 4.36. The molecule has 6 nitrogen and oxygen atoms in total. The van der Waals surface area contributed by atoms with Gasteiger partial charge in [-0.15, -0.1) is 0 Å². The van der Waals surface area contributed by atoms with Crippen LogP contribution in [0, 0.1) is 17.8 Å². The van der Waals surface area contributed by atoms with E-state index in [1.807, 2.05) is 13.8 Å². The van der Waals surface area contributed by atoms with Crippen molar-refractivity contribution in [1.29, 1.82) is 0 Å². The number of ether oxygens (including phenoxy) is 2. The highest BCUT2D eigenvalue weighted by Gasteiger charge is 2.36. The molecule has 3 atom stereocenters. The molecule has 2 N–H and O–H groups in total. The van der Waals surface area contributed by atoms with E-state index in [0.29, 0.717) is 35.8 Å². The minimum absolute atomic E-state index is 0.147. The Bertz CT molecular complexity index is 813. The van der Waals surface area contributed by atoms with E-state index in [4.69, 9.17) is 9.47 Å². The molecule has 2 bridgehead atoms. The quantitative estimate of drug-likeness (QED) is 0.778. The van der Waals surface area contributed by atoms with Gasteiger partial charge in [0.1, 0.15) is 28.4 Å². The number of benzene rings is 1. The Labute approximate surface area is 158 Å². The molecule has 6 heteroatoms. The first-order valence-electron chi connectivity index (χ1n) is 9.48. The zero-order valence-electron chi connectivity index (χ0n) is 15.7. The maximum atomic E-state index is 12.2. The predicted molar refractivity (Wildman–Crippen MR) is 99.1 cm³/mol. The van der Waals surface area contributed by atoms with Crippen molar-refractivity contribution in [2.75, 3.05) is 13.2 Å². The van der Waals surface area contributed by atoms with Gasteiger partial charge in [-0.1, -0.05) is 12.2 Å². The number of amides is 1. The second-order valence-electron chi connectivity index (χ2n) is 8.41. The monoisotopic (exact) mass is 371 g/mol. The molecule has 1 heterocycles. The van der Waals surface area contributed by atoms with E-state index in [2.05, 4.69) is 17.5 Å². The smallest absolute Gasteiger partial charge is 0.257 e. The normalized spacial score (nSPS) is 27.2. The van der Waals surface area contributed by atoms with Gasteiger partial charge in [0.15, 0.2) is 12.4 Å². The fourth-order valence-electron chi connectivity index (χ4n) is 4.40. The number of hydrogen-bond donors (Lipinski definition) is 2. The Morgan fingerprint density at radius 1 is 1.33 bits per heavy atom. The molecule has 2 aliphatic carbocycles. The lowest BCUT2D eigenvalue weighted by Gasteiger charge is -2.32. The molecule has 27 heavy (non-hydrogen) atoms. The van der Waals surface area contributed by atoms with Gasteiger partial charge in [0.05, 0.1) is 6.42 Å². The summed E-state index contributed by atoms with van der Waals surface area (Å²) in [7, 11) is 0. The second kappa shape index (κ2) is 6.59. The van der Waals surface area contributed by atoms with Crippen molar-refractivity contribution in [3.05, 3.63) is 29.8 Å². The number of rotatable bonds is 5. The van der Waals surface area contributed by atoms with Crippen LogP contribution in [0.1, 0.15) is 43.5 Å². The van der Waals surface area contributed by atoms with Crippen molar-refractivity contribution in [1.82, 2.24) is 5.32 Å². The molecule has 0 radical (unpaired) electrons. The van der Waals surface area contributed by atoms with Crippen molar-refractivity contribution >= 4 is 11.7 Å². The van der Waals surface area contributed by atoms with Crippen molar-refractivity contribution in [2.45, 2.75) is 38.7 Å². The van der Waals surface area contributed by atoms with Crippen LogP contribution in [0.5, 0.6) is 17.2 Å². The Hall–Kier alpha value is -2.50. The lowest BCUT2D eigenvalue weighted by atomic mass is 9.92. The largest absolute Gasteiger partial charge is 0.507 e. The van der Waals surface area contributed by atoms with Gasteiger partial charge in [0, 0.05) is 18.7 Å². The summed E-state index contributed by atoms with van der Waals surface area (Å²) in [5, 5.41) is 13.1.